The van der Waals surface area contributed by atoms with Gasteiger partial charge in [0.1, 0.15) is 11.9 Å². The first-order chi connectivity index (χ1) is 10.5. The minimum atomic E-state index is -0.438. The Kier molecular flexibility index (Phi) is 7.25. The Hall–Kier alpha value is -1.86. The molecular formula is C15H22ClN3O4. The number of rotatable bonds is 5. The van der Waals surface area contributed by atoms with E-state index >= 15 is 0 Å². The molecule has 1 aliphatic heterocycles. The minimum absolute atomic E-state index is 0. The van der Waals surface area contributed by atoms with Crippen LogP contribution in [0.3, 0.4) is 0 Å². The molecule has 1 unspecified atom stereocenters. The number of amides is 1. The highest BCUT2D eigenvalue weighted by molar-refractivity contribution is 5.85. The van der Waals surface area contributed by atoms with Crippen LogP contribution in [0.1, 0.15) is 26.2 Å². The van der Waals surface area contributed by atoms with E-state index in [-0.39, 0.29) is 36.1 Å². The number of halogens is 1. The van der Waals surface area contributed by atoms with Crippen LogP contribution in [0.2, 0.25) is 0 Å². The topological polar surface area (TPSA) is 98.7 Å². The number of benzene rings is 1. The molecule has 1 aromatic rings. The molecule has 0 aliphatic carbocycles. The molecule has 128 valence electrons. The molecule has 1 aromatic carbocycles. The van der Waals surface area contributed by atoms with Gasteiger partial charge in [0.15, 0.2) is 0 Å². The van der Waals surface area contributed by atoms with Crippen molar-refractivity contribution in [2.24, 2.45) is 5.73 Å². The van der Waals surface area contributed by atoms with E-state index in [1.165, 1.54) is 12.1 Å². The predicted octanol–water partition coefficient (Wildman–Crippen LogP) is 2.12. The number of nitro groups is 1. The van der Waals surface area contributed by atoms with Gasteiger partial charge in [-0.2, -0.15) is 0 Å². The number of non-ortho nitro benzene ring substituents is 1. The maximum atomic E-state index is 11.9. The molecule has 0 spiro atoms. The standard InChI is InChI=1S/C15H21N3O4.ClH/c1-11(16)10-15(19)17-8-6-14(7-9-17)22-13-4-2-12(3-5-13)18(20)21;/h2-5,11,14H,6-10,16H2,1H3;1H. The molecule has 7 nitrogen and oxygen atoms in total. The quantitative estimate of drug-likeness (QED) is 0.652. The number of nitrogens with zero attached hydrogens (tertiary/aromatic N) is 2. The maximum Gasteiger partial charge on any atom is 0.269 e. The average molecular weight is 344 g/mol. The summed E-state index contributed by atoms with van der Waals surface area (Å²) in [7, 11) is 0. The number of nitro benzene ring substituents is 1. The normalized spacial score (nSPS) is 16.3. The Balaban J connectivity index is 0.00000264. The van der Waals surface area contributed by atoms with Crippen LogP contribution in [0.4, 0.5) is 5.69 Å². The predicted molar refractivity (Wildman–Crippen MR) is 88.8 cm³/mol. The summed E-state index contributed by atoms with van der Waals surface area (Å²) < 4.78 is 5.81. The number of likely N-dealkylation sites (tertiary alicyclic amines) is 1. The highest BCUT2D eigenvalue weighted by Crippen LogP contribution is 2.22. The molecule has 2 N–H and O–H groups in total. The van der Waals surface area contributed by atoms with Crippen LogP contribution in [0.25, 0.3) is 0 Å². The third kappa shape index (κ3) is 5.69. The number of nitrogens with two attached hydrogens (primary N) is 1. The number of carbonyl (C=O) groups excluding carboxylic acids is 1. The smallest absolute Gasteiger partial charge is 0.269 e. The lowest BCUT2D eigenvalue weighted by atomic mass is 10.1. The van der Waals surface area contributed by atoms with E-state index < -0.39 is 4.92 Å². The molecule has 0 aromatic heterocycles. The lowest BCUT2D eigenvalue weighted by Gasteiger charge is -2.32. The summed E-state index contributed by atoms with van der Waals surface area (Å²) in [5.41, 5.74) is 5.69. The molecular weight excluding hydrogens is 322 g/mol. The molecule has 0 saturated carbocycles. The molecule has 23 heavy (non-hydrogen) atoms. The van der Waals surface area contributed by atoms with Gasteiger partial charge in [-0.1, -0.05) is 0 Å². The van der Waals surface area contributed by atoms with E-state index in [1.807, 2.05) is 11.8 Å². The molecule has 1 aliphatic rings. The zero-order valence-corrected chi connectivity index (χ0v) is 13.8. The third-order valence-electron chi connectivity index (χ3n) is 3.64. The van der Waals surface area contributed by atoms with Gasteiger partial charge in [-0.15, -0.1) is 12.4 Å². The number of carbonyl (C=O) groups is 1. The van der Waals surface area contributed by atoms with Crippen molar-refractivity contribution in [3.63, 3.8) is 0 Å². The summed E-state index contributed by atoms with van der Waals surface area (Å²) in [6.07, 6.45) is 1.90. The molecule has 0 radical (unpaired) electrons. The summed E-state index contributed by atoms with van der Waals surface area (Å²) in [6.45, 7) is 3.13. The second-order valence-electron chi connectivity index (χ2n) is 5.63. The second kappa shape index (κ2) is 8.69. The van der Waals surface area contributed by atoms with Crippen LogP contribution in [0, 0.1) is 10.1 Å². The fourth-order valence-corrected chi connectivity index (χ4v) is 2.47. The van der Waals surface area contributed by atoms with Gasteiger partial charge in [0.2, 0.25) is 5.91 Å². The SMILES string of the molecule is CC(N)CC(=O)N1CCC(Oc2ccc([N+](=O)[O-])cc2)CC1.Cl. The molecule has 1 amide bonds. The number of piperidine rings is 1. The van der Waals surface area contributed by atoms with Crippen molar-refractivity contribution >= 4 is 24.0 Å². The lowest BCUT2D eigenvalue weighted by molar-refractivity contribution is -0.384. The van der Waals surface area contributed by atoms with Crippen molar-refractivity contribution in [1.29, 1.82) is 0 Å². The molecule has 1 saturated heterocycles. The number of hydrogen-bond donors (Lipinski definition) is 1. The summed E-state index contributed by atoms with van der Waals surface area (Å²) >= 11 is 0. The van der Waals surface area contributed by atoms with Crippen LogP contribution in [0.15, 0.2) is 24.3 Å². The Labute approximate surface area is 141 Å². The Morgan fingerprint density at radius 2 is 1.96 bits per heavy atom. The maximum absolute atomic E-state index is 11.9. The first kappa shape index (κ1) is 19.2. The average Bonchev–Trinajstić information content (AvgIpc) is 2.48. The third-order valence-corrected chi connectivity index (χ3v) is 3.64. The van der Waals surface area contributed by atoms with Crippen LogP contribution in [-0.4, -0.2) is 41.0 Å². The van der Waals surface area contributed by atoms with E-state index in [0.29, 0.717) is 25.3 Å². The van der Waals surface area contributed by atoms with Crippen LogP contribution in [-0.2, 0) is 4.79 Å². The lowest BCUT2D eigenvalue weighted by Crippen LogP contribution is -2.43. The van der Waals surface area contributed by atoms with Gasteiger partial charge in [-0.25, -0.2) is 0 Å². The fraction of sp³-hybridized carbons (Fsp3) is 0.533. The van der Waals surface area contributed by atoms with E-state index in [0.717, 1.165) is 12.8 Å². The van der Waals surface area contributed by atoms with Crippen molar-refractivity contribution in [2.75, 3.05) is 13.1 Å². The second-order valence-corrected chi connectivity index (χ2v) is 5.63. The minimum Gasteiger partial charge on any atom is -0.490 e. The Morgan fingerprint density at radius 3 is 2.43 bits per heavy atom. The van der Waals surface area contributed by atoms with E-state index in [1.54, 1.807) is 12.1 Å². The highest BCUT2D eigenvalue weighted by Gasteiger charge is 2.24. The molecule has 8 heteroatoms. The summed E-state index contributed by atoms with van der Waals surface area (Å²) in [5, 5.41) is 10.6. The van der Waals surface area contributed by atoms with Crippen molar-refractivity contribution in [2.45, 2.75) is 38.3 Å². The molecule has 1 atom stereocenters. The summed E-state index contributed by atoms with van der Waals surface area (Å²) in [6, 6.07) is 5.94. The van der Waals surface area contributed by atoms with Gasteiger partial charge >= 0.3 is 0 Å². The number of ether oxygens (including phenoxy) is 1. The van der Waals surface area contributed by atoms with Crippen molar-refractivity contribution < 1.29 is 14.5 Å². The van der Waals surface area contributed by atoms with Gasteiger partial charge in [0, 0.05) is 50.5 Å². The zero-order chi connectivity index (χ0) is 16.1. The molecule has 2 rings (SSSR count). The Morgan fingerprint density at radius 1 is 1.39 bits per heavy atom. The van der Waals surface area contributed by atoms with Gasteiger partial charge in [-0.05, 0) is 19.1 Å². The fourth-order valence-electron chi connectivity index (χ4n) is 2.47. The van der Waals surface area contributed by atoms with Crippen molar-refractivity contribution in [1.82, 2.24) is 4.90 Å². The number of hydrogen-bond acceptors (Lipinski definition) is 5. The van der Waals surface area contributed by atoms with Gasteiger partial charge < -0.3 is 15.4 Å². The van der Waals surface area contributed by atoms with Crippen LogP contribution < -0.4 is 10.5 Å². The molecule has 0 bridgehead atoms. The first-order valence-electron chi connectivity index (χ1n) is 7.40. The summed E-state index contributed by atoms with van der Waals surface area (Å²) in [5.74, 6) is 0.703. The van der Waals surface area contributed by atoms with Gasteiger partial charge in [0.05, 0.1) is 4.92 Å². The highest BCUT2D eigenvalue weighted by atomic mass is 35.5. The van der Waals surface area contributed by atoms with Crippen LogP contribution in [0.5, 0.6) is 5.75 Å². The molecule has 1 heterocycles. The largest absolute Gasteiger partial charge is 0.490 e. The van der Waals surface area contributed by atoms with Crippen LogP contribution >= 0.6 is 12.4 Å². The first-order valence-corrected chi connectivity index (χ1v) is 7.40. The van der Waals surface area contributed by atoms with E-state index in [2.05, 4.69) is 0 Å². The zero-order valence-electron chi connectivity index (χ0n) is 13.0. The van der Waals surface area contributed by atoms with E-state index in [4.69, 9.17) is 10.5 Å². The van der Waals surface area contributed by atoms with Gasteiger partial charge in [0.25, 0.3) is 5.69 Å². The summed E-state index contributed by atoms with van der Waals surface area (Å²) in [4.78, 5) is 23.9. The van der Waals surface area contributed by atoms with Crippen molar-refractivity contribution in [3.05, 3.63) is 34.4 Å². The monoisotopic (exact) mass is 343 g/mol. The Bertz CT molecular complexity index is 528. The molecule has 1 fully saturated rings. The van der Waals surface area contributed by atoms with Gasteiger partial charge in [-0.3, -0.25) is 14.9 Å². The van der Waals surface area contributed by atoms with E-state index in [9.17, 15) is 14.9 Å². The van der Waals surface area contributed by atoms with Crippen molar-refractivity contribution in [3.8, 4) is 5.75 Å².